The summed E-state index contributed by atoms with van der Waals surface area (Å²) in [6.07, 6.45) is -4.02. The van der Waals surface area contributed by atoms with Crippen LogP contribution in [-0.2, 0) is 0 Å². The Labute approximate surface area is 72.5 Å². The first-order valence-corrected chi connectivity index (χ1v) is 4.00. The summed E-state index contributed by atoms with van der Waals surface area (Å²) in [6, 6.07) is 0. The second kappa shape index (κ2) is 3.40. The Morgan fingerprint density at radius 2 is 1.38 bits per heavy atom. The quantitative estimate of drug-likeness (QED) is 0.622. The number of halogens is 5. The number of alkyl halides is 5. The van der Waals surface area contributed by atoms with E-state index < -0.39 is 18.6 Å². The lowest BCUT2D eigenvalue weighted by molar-refractivity contribution is -0.285. The lowest BCUT2D eigenvalue weighted by atomic mass is 10.3. The third-order valence-electron chi connectivity index (χ3n) is 2.04. The van der Waals surface area contributed by atoms with Gasteiger partial charge in [0.1, 0.15) is 0 Å². The number of hydrogen-bond acceptors (Lipinski definition) is 1. The van der Waals surface area contributed by atoms with Crippen molar-refractivity contribution in [1.82, 2.24) is 4.90 Å². The van der Waals surface area contributed by atoms with Gasteiger partial charge in [-0.3, -0.25) is 4.90 Å². The van der Waals surface area contributed by atoms with E-state index in [0.717, 1.165) is 4.90 Å². The van der Waals surface area contributed by atoms with Gasteiger partial charge in [-0.05, 0) is 25.9 Å². The molecule has 0 radical (unpaired) electrons. The van der Waals surface area contributed by atoms with Crippen molar-refractivity contribution in [2.45, 2.75) is 24.9 Å². The second-order valence-corrected chi connectivity index (χ2v) is 3.19. The van der Waals surface area contributed by atoms with Gasteiger partial charge in [-0.2, -0.15) is 22.0 Å². The Morgan fingerprint density at radius 3 is 1.77 bits per heavy atom. The van der Waals surface area contributed by atoms with Gasteiger partial charge < -0.3 is 0 Å². The fourth-order valence-electron chi connectivity index (χ4n) is 1.31. The monoisotopic (exact) mass is 203 g/mol. The molecule has 0 spiro atoms. The maximum atomic E-state index is 12.4. The van der Waals surface area contributed by atoms with Gasteiger partial charge in [-0.15, -0.1) is 0 Å². The van der Waals surface area contributed by atoms with Crippen molar-refractivity contribution in [3.8, 4) is 0 Å². The van der Waals surface area contributed by atoms with E-state index in [0.29, 0.717) is 25.9 Å². The smallest absolute Gasteiger partial charge is 0.297 e. The number of rotatable bonds is 2. The minimum atomic E-state index is -5.42. The molecular weight excluding hydrogens is 193 g/mol. The standard InChI is InChI=1S/C7H10F5N/c8-6(9,7(10,11)12)5-13-3-1-2-4-13/h1-5H2. The predicted octanol–water partition coefficient (Wildman–Crippen LogP) is 2.28. The normalized spacial score (nSPS) is 21.0. The summed E-state index contributed by atoms with van der Waals surface area (Å²) >= 11 is 0. The molecule has 1 saturated heterocycles. The molecule has 0 aromatic carbocycles. The molecular formula is C7H10F5N. The molecule has 1 rings (SSSR count). The maximum Gasteiger partial charge on any atom is 0.454 e. The van der Waals surface area contributed by atoms with Crippen LogP contribution in [0.4, 0.5) is 22.0 Å². The molecule has 6 heteroatoms. The molecule has 0 aromatic rings. The molecule has 0 bridgehead atoms. The van der Waals surface area contributed by atoms with Crippen LogP contribution in [0.3, 0.4) is 0 Å². The van der Waals surface area contributed by atoms with Gasteiger partial charge in [0.05, 0.1) is 6.54 Å². The highest BCUT2D eigenvalue weighted by atomic mass is 19.4. The zero-order chi connectivity index (χ0) is 10.1. The maximum absolute atomic E-state index is 12.4. The number of nitrogens with zero attached hydrogens (tertiary/aromatic N) is 1. The highest BCUT2D eigenvalue weighted by molar-refractivity contribution is 4.81. The first-order valence-electron chi connectivity index (χ1n) is 4.00. The lowest BCUT2D eigenvalue weighted by Crippen LogP contribution is -2.46. The molecule has 1 fully saturated rings. The van der Waals surface area contributed by atoms with Crippen molar-refractivity contribution in [2.24, 2.45) is 0 Å². The van der Waals surface area contributed by atoms with Crippen molar-refractivity contribution in [3.05, 3.63) is 0 Å². The average Bonchev–Trinajstić information content (AvgIpc) is 2.35. The van der Waals surface area contributed by atoms with Crippen LogP contribution in [0.2, 0.25) is 0 Å². The van der Waals surface area contributed by atoms with Gasteiger partial charge in [0.25, 0.3) is 0 Å². The minimum Gasteiger partial charge on any atom is -0.297 e. The molecule has 0 aromatic heterocycles. The summed E-state index contributed by atoms with van der Waals surface area (Å²) in [4.78, 5) is 1.15. The number of hydrogen-bond donors (Lipinski definition) is 0. The summed E-state index contributed by atoms with van der Waals surface area (Å²) in [5.74, 6) is -4.57. The average molecular weight is 203 g/mol. The second-order valence-electron chi connectivity index (χ2n) is 3.19. The molecule has 0 atom stereocenters. The molecule has 13 heavy (non-hydrogen) atoms. The van der Waals surface area contributed by atoms with Crippen LogP contribution in [0.1, 0.15) is 12.8 Å². The molecule has 1 nitrogen and oxygen atoms in total. The molecule has 1 heterocycles. The topological polar surface area (TPSA) is 3.24 Å². The van der Waals surface area contributed by atoms with Crippen LogP contribution in [-0.4, -0.2) is 36.6 Å². The Balaban J connectivity index is 2.50. The number of likely N-dealkylation sites (tertiary alicyclic amines) is 1. The van der Waals surface area contributed by atoms with E-state index in [1.807, 2.05) is 0 Å². The van der Waals surface area contributed by atoms with Crippen LogP contribution >= 0.6 is 0 Å². The van der Waals surface area contributed by atoms with Crippen LogP contribution in [0.5, 0.6) is 0 Å². The summed E-state index contributed by atoms with van der Waals surface area (Å²) in [5, 5.41) is 0. The minimum absolute atomic E-state index is 0.339. The molecule has 1 aliphatic rings. The Kier molecular flexibility index (Phi) is 2.79. The third kappa shape index (κ3) is 2.52. The van der Waals surface area contributed by atoms with Crippen molar-refractivity contribution in [3.63, 3.8) is 0 Å². The van der Waals surface area contributed by atoms with Gasteiger partial charge in [0, 0.05) is 0 Å². The molecule has 0 amide bonds. The summed E-state index contributed by atoms with van der Waals surface area (Å²) in [6.45, 7) is -0.520. The van der Waals surface area contributed by atoms with Crippen LogP contribution in [0.25, 0.3) is 0 Å². The van der Waals surface area contributed by atoms with Crippen LogP contribution < -0.4 is 0 Å². The first-order chi connectivity index (χ1) is 5.83. The predicted molar refractivity (Wildman–Crippen MR) is 36.7 cm³/mol. The van der Waals surface area contributed by atoms with E-state index in [4.69, 9.17) is 0 Å². The Hall–Kier alpha value is -0.390. The van der Waals surface area contributed by atoms with Gasteiger partial charge in [-0.25, -0.2) is 0 Å². The van der Waals surface area contributed by atoms with Crippen molar-refractivity contribution < 1.29 is 22.0 Å². The highest BCUT2D eigenvalue weighted by Crippen LogP contribution is 2.36. The van der Waals surface area contributed by atoms with Crippen LogP contribution in [0, 0.1) is 0 Å². The van der Waals surface area contributed by atoms with Gasteiger partial charge in [0.2, 0.25) is 0 Å². The molecule has 78 valence electrons. The zero-order valence-corrected chi connectivity index (χ0v) is 6.87. The fourth-order valence-corrected chi connectivity index (χ4v) is 1.31. The van der Waals surface area contributed by atoms with Gasteiger partial charge >= 0.3 is 12.1 Å². The molecule has 0 aliphatic carbocycles. The van der Waals surface area contributed by atoms with E-state index in [2.05, 4.69) is 0 Å². The van der Waals surface area contributed by atoms with Crippen molar-refractivity contribution >= 4 is 0 Å². The Morgan fingerprint density at radius 1 is 0.923 bits per heavy atom. The third-order valence-corrected chi connectivity index (χ3v) is 2.04. The van der Waals surface area contributed by atoms with Crippen molar-refractivity contribution in [1.29, 1.82) is 0 Å². The summed E-state index contributed by atoms with van der Waals surface area (Å²) in [5.41, 5.74) is 0. The van der Waals surface area contributed by atoms with E-state index in [-0.39, 0.29) is 0 Å². The molecule has 1 aliphatic heterocycles. The van der Waals surface area contributed by atoms with Gasteiger partial charge in [-0.1, -0.05) is 0 Å². The lowest BCUT2D eigenvalue weighted by Gasteiger charge is -2.24. The molecule has 0 N–H and O–H groups in total. The Bertz CT molecular complexity index is 170. The SMILES string of the molecule is FC(F)(F)C(F)(F)CN1CCCC1. The van der Waals surface area contributed by atoms with E-state index in [1.54, 1.807) is 0 Å². The van der Waals surface area contributed by atoms with Gasteiger partial charge in [0.15, 0.2) is 0 Å². The summed E-state index contributed by atoms with van der Waals surface area (Å²) < 4.78 is 60.0. The van der Waals surface area contributed by atoms with Crippen LogP contribution in [0.15, 0.2) is 0 Å². The van der Waals surface area contributed by atoms with Crippen molar-refractivity contribution in [2.75, 3.05) is 19.6 Å². The summed E-state index contributed by atoms with van der Waals surface area (Å²) in [7, 11) is 0. The van der Waals surface area contributed by atoms with E-state index in [1.165, 1.54) is 0 Å². The largest absolute Gasteiger partial charge is 0.454 e. The zero-order valence-electron chi connectivity index (χ0n) is 6.87. The van der Waals surface area contributed by atoms with E-state index >= 15 is 0 Å². The molecule has 0 unspecified atom stereocenters. The highest BCUT2D eigenvalue weighted by Gasteiger charge is 2.57. The fraction of sp³-hybridized carbons (Fsp3) is 1.00. The molecule has 0 saturated carbocycles. The van der Waals surface area contributed by atoms with E-state index in [9.17, 15) is 22.0 Å². The first kappa shape index (κ1) is 10.7.